The monoisotopic (exact) mass is 264 g/mol. The van der Waals surface area contributed by atoms with E-state index in [1.165, 1.54) is 0 Å². The van der Waals surface area contributed by atoms with E-state index in [0.717, 1.165) is 19.4 Å². The molecule has 1 aliphatic rings. The van der Waals surface area contributed by atoms with Crippen molar-refractivity contribution in [1.29, 1.82) is 0 Å². The molecule has 1 fully saturated rings. The fourth-order valence-corrected chi connectivity index (χ4v) is 2.30. The molecule has 0 saturated carbocycles. The Morgan fingerprint density at radius 1 is 1.58 bits per heavy atom. The molecule has 2 rings (SSSR count). The van der Waals surface area contributed by atoms with Gasteiger partial charge in [-0.1, -0.05) is 12.1 Å². The van der Waals surface area contributed by atoms with Crippen LogP contribution in [0.25, 0.3) is 0 Å². The molecule has 0 bridgehead atoms. The number of hydrogen-bond acceptors (Lipinski definition) is 5. The normalized spacial score (nSPS) is 24.2. The van der Waals surface area contributed by atoms with E-state index >= 15 is 0 Å². The molecule has 1 amide bonds. The average molecular weight is 264 g/mol. The van der Waals surface area contributed by atoms with Gasteiger partial charge in [0.15, 0.2) is 0 Å². The van der Waals surface area contributed by atoms with Gasteiger partial charge in [-0.3, -0.25) is 4.79 Å². The number of anilines is 2. The van der Waals surface area contributed by atoms with E-state index in [-0.39, 0.29) is 5.91 Å². The van der Waals surface area contributed by atoms with Gasteiger partial charge in [-0.25, -0.2) is 0 Å². The number of carbonyl (C=O) groups is 1. The second-order valence-electron chi connectivity index (χ2n) is 5.07. The molecule has 1 saturated heterocycles. The number of rotatable bonds is 3. The quantitative estimate of drug-likeness (QED) is 0.398. The van der Waals surface area contributed by atoms with Gasteiger partial charge in [-0.2, -0.15) is 0 Å². The van der Waals surface area contributed by atoms with Gasteiger partial charge in [0.2, 0.25) is 5.91 Å². The Morgan fingerprint density at radius 3 is 2.89 bits per heavy atom. The van der Waals surface area contributed by atoms with Crippen molar-refractivity contribution in [2.45, 2.75) is 31.5 Å². The van der Waals surface area contributed by atoms with Gasteiger partial charge in [0.25, 0.3) is 0 Å². The largest absolute Gasteiger partial charge is 0.397 e. The molecule has 1 heterocycles. The summed E-state index contributed by atoms with van der Waals surface area (Å²) in [7, 11) is 0. The first-order valence-electron chi connectivity index (χ1n) is 6.32. The number of aliphatic hydroxyl groups excluding tert-OH is 1. The van der Waals surface area contributed by atoms with Gasteiger partial charge < -0.3 is 27.2 Å². The van der Waals surface area contributed by atoms with E-state index in [2.05, 4.69) is 10.6 Å². The highest BCUT2D eigenvalue weighted by Gasteiger charge is 2.36. The number of aliphatic hydroxyl groups is 1. The molecule has 1 unspecified atom stereocenters. The zero-order chi connectivity index (χ0) is 14.0. The molecular formula is C13H20N4O2. The highest BCUT2D eigenvalue weighted by molar-refractivity contribution is 6.00. The Labute approximate surface area is 112 Å². The van der Waals surface area contributed by atoms with Crippen LogP contribution in [0.3, 0.4) is 0 Å². The van der Waals surface area contributed by atoms with E-state index < -0.39 is 11.8 Å². The predicted molar refractivity (Wildman–Crippen MR) is 74.3 cm³/mol. The molecule has 1 aromatic carbocycles. The molecule has 0 radical (unpaired) electrons. The van der Waals surface area contributed by atoms with Crippen molar-refractivity contribution in [1.82, 2.24) is 5.32 Å². The SMILES string of the molecule is C[C@]1(C(=O)Nc2cccc(C(N)O)c2N)CCCN1. The standard InChI is InChI=1S/C13H20N4O2/c1-13(6-3-7-16-13)12(19)17-9-5-2-4-8(10(9)14)11(15)18/h2,4-5,11,16,18H,3,6-7,14-15H2,1H3,(H,17,19)/t11?,13-/m1/s1. The van der Waals surface area contributed by atoms with E-state index in [4.69, 9.17) is 11.5 Å². The van der Waals surface area contributed by atoms with Gasteiger partial charge in [0, 0.05) is 5.56 Å². The minimum atomic E-state index is -1.16. The third-order valence-corrected chi connectivity index (χ3v) is 3.58. The number of hydrogen-bond donors (Lipinski definition) is 5. The van der Waals surface area contributed by atoms with Crippen LogP contribution in [0.15, 0.2) is 18.2 Å². The molecular weight excluding hydrogens is 244 g/mol. The van der Waals surface area contributed by atoms with Crippen LogP contribution in [0.5, 0.6) is 0 Å². The summed E-state index contributed by atoms with van der Waals surface area (Å²) in [5.41, 5.74) is 11.9. The summed E-state index contributed by atoms with van der Waals surface area (Å²) in [6.07, 6.45) is 0.607. The molecule has 0 aromatic heterocycles. The minimum Gasteiger partial charge on any atom is -0.397 e. The zero-order valence-corrected chi connectivity index (χ0v) is 10.9. The molecule has 6 heteroatoms. The Bertz CT molecular complexity index is 482. The van der Waals surface area contributed by atoms with Crippen molar-refractivity contribution < 1.29 is 9.90 Å². The molecule has 0 spiro atoms. The summed E-state index contributed by atoms with van der Waals surface area (Å²) in [6, 6.07) is 5.02. The fraction of sp³-hybridized carbons (Fsp3) is 0.462. The first kappa shape index (κ1) is 13.8. The van der Waals surface area contributed by atoms with Crippen LogP contribution in [-0.4, -0.2) is 23.1 Å². The number of para-hydroxylation sites is 1. The summed E-state index contributed by atoms with van der Waals surface area (Å²) < 4.78 is 0. The average Bonchev–Trinajstić information content (AvgIpc) is 2.80. The third-order valence-electron chi connectivity index (χ3n) is 3.58. The van der Waals surface area contributed by atoms with Gasteiger partial charge in [0.1, 0.15) is 6.23 Å². The molecule has 19 heavy (non-hydrogen) atoms. The molecule has 7 N–H and O–H groups in total. The zero-order valence-electron chi connectivity index (χ0n) is 10.9. The number of nitrogen functional groups attached to an aromatic ring is 1. The first-order valence-corrected chi connectivity index (χ1v) is 6.32. The van der Waals surface area contributed by atoms with Crippen LogP contribution in [0, 0.1) is 0 Å². The summed E-state index contributed by atoms with van der Waals surface area (Å²) in [6.45, 7) is 2.70. The smallest absolute Gasteiger partial charge is 0.244 e. The molecule has 6 nitrogen and oxygen atoms in total. The summed E-state index contributed by atoms with van der Waals surface area (Å²) in [5, 5.41) is 15.4. The van der Waals surface area contributed by atoms with Crippen LogP contribution >= 0.6 is 0 Å². The Kier molecular flexibility index (Phi) is 3.75. The minimum absolute atomic E-state index is 0.125. The second kappa shape index (κ2) is 5.16. The topological polar surface area (TPSA) is 113 Å². The lowest BCUT2D eigenvalue weighted by atomic mass is 9.99. The lowest BCUT2D eigenvalue weighted by Crippen LogP contribution is -2.48. The number of nitrogens with one attached hydrogen (secondary N) is 2. The Hall–Kier alpha value is -1.63. The van der Waals surface area contributed by atoms with Crippen molar-refractivity contribution in [2.75, 3.05) is 17.6 Å². The van der Waals surface area contributed by atoms with Gasteiger partial charge in [0.05, 0.1) is 16.9 Å². The second-order valence-corrected chi connectivity index (χ2v) is 5.07. The van der Waals surface area contributed by atoms with E-state index in [1.807, 2.05) is 6.92 Å². The molecule has 1 aliphatic heterocycles. The first-order chi connectivity index (χ1) is 8.94. The van der Waals surface area contributed by atoms with Gasteiger partial charge >= 0.3 is 0 Å². The van der Waals surface area contributed by atoms with Crippen LogP contribution < -0.4 is 22.1 Å². The Balaban J connectivity index is 2.20. The van der Waals surface area contributed by atoms with Gasteiger partial charge in [-0.15, -0.1) is 0 Å². The lowest BCUT2D eigenvalue weighted by molar-refractivity contribution is -0.121. The van der Waals surface area contributed by atoms with Crippen LogP contribution in [-0.2, 0) is 4.79 Å². The van der Waals surface area contributed by atoms with Crippen molar-refractivity contribution >= 4 is 17.3 Å². The van der Waals surface area contributed by atoms with E-state index in [1.54, 1.807) is 18.2 Å². The van der Waals surface area contributed by atoms with Crippen molar-refractivity contribution in [2.24, 2.45) is 5.73 Å². The maximum Gasteiger partial charge on any atom is 0.244 e. The van der Waals surface area contributed by atoms with Gasteiger partial charge in [-0.05, 0) is 32.4 Å². The lowest BCUT2D eigenvalue weighted by Gasteiger charge is -2.24. The summed E-state index contributed by atoms with van der Waals surface area (Å²) >= 11 is 0. The number of nitrogens with two attached hydrogens (primary N) is 2. The highest BCUT2D eigenvalue weighted by atomic mass is 16.3. The number of carbonyl (C=O) groups excluding carboxylic acids is 1. The maximum absolute atomic E-state index is 12.2. The molecule has 2 atom stereocenters. The van der Waals surface area contributed by atoms with E-state index in [0.29, 0.717) is 16.9 Å². The highest BCUT2D eigenvalue weighted by Crippen LogP contribution is 2.28. The summed E-state index contributed by atoms with van der Waals surface area (Å²) in [4.78, 5) is 12.2. The molecule has 104 valence electrons. The van der Waals surface area contributed by atoms with Crippen LogP contribution in [0.2, 0.25) is 0 Å². The Morgan fingerprint density at radius 2 is 2.32 bits per heavy atom. The summed E-state index contributed by atoms with van der Waals surface area (Å²) in [5.74, 6) is -0.125. The molecule has 0 aliphatic carbocycles. The van der Waals surface area contributed by atoms with Crippen molar-refractivity contribution in [3.63, 3.8) is 0 Å². The van der Waals surface area contributed by atoms with Crippen molar-refractivity contribution in [3.8, 4) is 0 Å². The number of amides is 1. The van der Waals surface area contributed by atoms with Crippen LogP contribution in [0.1, 0.15) is 31.6 Å². The number of benzene rings is 1. The maximum atomic E-state index is 12.2. The fourth-order valence-electron chi connectivity index (χ4n) is 2.30. The van der Waals surface area contributed by atoms with Crippen molar-refractivity contribution in [3.05, 3.63) is 23.8 Å². The van der Waals surface area contributed by atoms with E-state index in [9.17, 15) is 9.90 Å². The molecule has 1 aromatic rings. The van der Waals surface area contributed by atoms with Crippen LogP contribution in [0.4, 0.5) is 11.4 Å². The predicted octanol–water partition coefficient (Wildman–Crippen LogP) is 0.299. The third kappa shape index (κ3) is 2.70.